The molecular weight excluding hydrogens is 334 g/mol. The molecule has 1 saturated carbocycles. The van der Waals surface area contributed by atoms with Crippen molar-refractivity contribution in [1.82, 2.24) is 4.98 Å². The van der Waals surface area contributed by atoms with E-state index in [0.29, 0.717) is 16.9 Å². The second kappa shape index (κ2) is 6.10. The first-order valence-corrected chi connectivity index (χ1v) is 10.2. The standard InChI is InChI=1S/C23H33N3O/c1-15-19(12-26-14-23(4)11-17(26)10-22(2,3)13-23)21(27)18-9-16(25(5)6)7-8-20(18)24-15/h7-9,17H,10-14H2,1-6H3,(H,24,27)/p+1/t17-,23-/m0/s1. The highest BCUT2D eigenvalue weighted by atomic mass is 16.1. The van der Waals surface area contributed by atoms with E-state index >= 15 is 0 Å². The third-order valence-electron chi connectivity index (χ3n) is 6.89. The van der Waals surface area contributed by atoms with Crippen molar-refractivity contribution in [2.75, 3.05) is 25.5 Å². The van der Waals surface area contributed by atoms with Gasteiger partial charge in [0.15, 0.2) is 5.43 Å². The van der Waals surface area contributed by atoms with Gasteiger partial charge in [-0.1, -0.05) is 20.8 Å². The number of H-pyrrole nitrogens is 1. The highest BCUT2D eigenvalue weighted by Gasteiger charge is 2.52. The van der Waals surface area contributed by atoms with Crippen LogP contribution in [0.4, 0.5) is 5.69 Å². The van der Waals surface area contributed by atoms with Crippen LogP contribution in [-0.2, 0) is 6.54 Å². The second-order valence-electron chi connectivity index (χ2n) is 10.5. The number of nitrogens with zero attached hydrogens (tertiary/aromatic N) is 1. The highest BCUT2D eigenvalue weighted by Crippen LogP contribution is 2.47. The fourth-order valence-corrected chi connectivity index (χ4v) is 6.11. The van der Waals surface area contributed by atoms with Crippen LogP contribution in [0.25, 0.3) is 10.9 Å². The number of benzene rings is 1. The van der Waals surface area contributed by atoms with Crippen LogP contribution < -0.4 is 15.2 Å². The van der Waals surface area contributed by atoms with Crippen LogP contribution >= 0.6 is 0 Å². The summed E-state index contributed by atoms with van der Waals surface area (Å²) in [6, 6.07) is 6.80. The van der Waals surface area contributed by atoms with Crippen LogP contribution in [0.3, 0.4) is 0 Å². The SMILES string of the molecule is Cc1[nH]c2ccc(N(C)C)cc2c(=O)c1C[NH+]1C[C@@]2(C)C[C@@H]1CC(C)(C)C2. The summed E-state index contributed by atoms with van der Waals surface area (Å²) in [4.78, 5) is 20.5. The summed E-state index contributed by atoms with van der Waals surface area (Å²) < 4.78 is 0. The number of hydrogen-bond donors (Lipinski definition) is 2. The summed E-state index contributed by atoms with van der Waals surface area (Å²) in [6.07, 6.45) is 3.88. The number of rotatable bonds is 3. The van der Waals surface area contributed by atoms with Gasteiger partial charge in [0.2, 0.25) is 0 Å². The predicted molar refractivity (Wildman–Crippen MR) is 113 cm³/mol. The summed E-state index contributed by atoms with van der Waals surface area (Å²) in [7, 11) is 4.03. The van der Waals surface area contributed by atoms with Crippen LogP contribution in [0, 0.1) is 17.8 Å². The molecule has 2 N–H and O–H groups in total. The van der Waals surface area contributed by atoms with Crippen molar-refractivity contribution in [3.63, 3.8) is 0 Å². The van der Waals surface area contributed by atoms with Gasteiger partial charge >= 0.3 is 0 Å². The number of aromatic nitrogens is 1. The lowest BCUT2D eigenvalue weighted by atomic mass is 9.65. The number of likely N-dealkylation sites (tertiary alicyclic amines) is 1. The molecule has 1 aromatic heterocycles. The van der Waals surface area contributed by atoms with Gasteiger partial charge in [-0.3, -0.25) is 4.79 Å². The molecule has 4 nitrogen and oxygen atoms in total. The molecule has 1 aliphatic carbocycles. The van der Waals surface area contributed by atoms with Crippen molar-refractivity contribution in [2.24, 2.45) is 10.8 Å². The van der Waals surface area contributed by atoms with E-state index in [0.717, 1.165) is 34.4 Å². The van der Waals surface area contributed by atoms with Gasteiger partial charge in [-0.25, -0.2) is 0 Å². The van der Waals surface area contributed by atoms with Gasteiger partial charge in [-0.2, -0.15) is 0 Å². The van der Waals surface area contributed by atoms with E-state index < -0.39 is 0 Å². The van der Waals surface area contributed by atoms with E-state index in [9.17, 15) is 4.79 Å². The molecule has 0 radical (unpaired) electrons. The Morgan fingerprint density at radius 2 is 1.96 bits per heavy atom. The van der Waals surface area contributed by atoms with E-state index in [1.54, 1.807) is 4.90 Å². The van der Waals surface area contributed by atoms with Gasteiger partial charge in [-0.05, 0) is 37.0 Å². The number of nitrogens with one attached hydrogen (secondary N) is 2. The highest BCUT2D eigenvalue weighted by molar-refractivity contribution is 5.83. The number of quaternary nitrogens is 1. The number of hydrogen-bond acceptors (Lipinski definition) is 2. The second-order valence-corrected chi connectivity index (χ2v) is 10.5. The maximum Gasteiger partial charge on any atom is 0.198 e. The Morgan fingerprint density at radius 3 is 2.67 bits per heavy atom. The molecule has 146 valence electrons. The first-order chi connectivity index (χ1) is 12.6. The molecule has 2 aromatic rings. The fourth-order valence-electron chi connectivity index (χ4n) is 6.11. The van der Waals surface area contributed by atoms with Crippen molar-refractivity contribution in [2.45, 2.75) is 59.5 Å². The Bertz CT molecular complexity index is 943. The molecule has 2 heterocycles. The van der Waals surface area contributed by atoms with Crippen molar-refractivity contribution in [3.8, 4) is 0 Å². The first-order valence-electron chi connectivity index (χ1n) is 10.2. The molecule has 2 bridgehead atoms. The average Bonchev–Trinajstić information content (AvgIpc) is 2.79. The van der Waals surface area contributed by atoms with Crippen LogP contribution in [0.5, 0.6) is 0 Å². The van der Waals surface area contributed by atoms with Crippen molar-refractivity contribution < 1.29 is 4.90 Å². The number of anilines is 1. The Labute approximate surface area is 162 Å². The third kappa shape index (κ3) is 3.29. The normalized spacial score (nSPS) is 29.3. The van der Waals surface area contributed by atoms with Crippen LogP contribution in [0.1, 0.15) is 51.3 Å². The van der Waals surface area contributed by atoms with E-state index in [1.165, 1.54) is 25.8 Å². The van der Waals surface area contributed by atoms with Gasteiger partial charge in [0.05, 0.1) is 18.2 Å². The molecule has 3 atom stereocenters. The topological polar surface area (TPSA) is 40.5 Å². The summed E-state index contributed by atoms with van der Waals surface area (Å²) in [5.41, 5.74) is 5.08. The van der Waals surface area contributed by atoms with Crippen molar-refractivity contribution in [3.05, 3.63) is 39.7 Å². The predicted octanol–water partition coefficient (Wildman–Crippen LogP) is 2.89. The molecule has 1 saturated heterocycles. The zero-order valence-corrected chi connectivity index (χ0v) is 17.7. The molecule has 1 aromatic carbocycles. The lowest BCUT2D eigenvalue weighted by Gasteiger charge is -2.37. The molecule has 4 heteroatoms. The number of aromatic amines is 1. The number of aryl methyl sites for hydroxylation is 1. The van der Waals surface area contributed by atoms with Crippen LogP contribution in [-0.4, -0.2) is 31.7 Å². The molecule has 0 amide bonds. The van der Waals surface area contributed by atoms with Crippen LogP contribution in [0.2, 0.25) is 0 Å². The van der Waals surface area contributed by atoms with Crippen LogP contribution in [0.15, 0.2) is 23.0 Å². The molecule has 2 fully saturated rings. The average molecular weight is 369 g/mol. The molecule has 1 aliphatic heterocycles. The molecule has 0 spiro atoms. The lowest BCUT2D eigenvalue weighted by molar-refractivity contribution is -0.928. The smallest absolute Gasteiger partial charge is 0.198 e. The summed E-state index contributed by atoms with van der Waals surface area (Å²) in [5.74, 6) is 0. The van der Waals surface area contributed by atoms with Crippen molar-refractivity contribution in [1.29, 1.82) is 0 Å². The number of pyridine rings is 1. The maximum absolute atomic E-state index is 13.4. The maximum atomic E-state index is 13.4. The van der Waals surface area contributed by atoms with Gasteiger partial charge in [0.1, 0.15) is 6.54 Å². The van der Waals surface area contributed by atoms with Gasteiger partial charge in [0, 0.05) is 54.6 Å². The number of fused-ring (bicyclic) bond motifs is 3. The fraction of sp³-hybridized carbons (Fsp3) is 0.609. The Morgan fingerprint density at radius 1 is 1.22 bits per heavy atom. The molecule has 4 rings (SSSR count). The third-order valence-corrected chi connectivity index (χ3v) is 6.89. The Kier molecular flexibility index (Phi) is 4.19. The zero-order valence-electron chi connectivity index (χ0n) is 17.7. The van der Waals surface area contributed by atoms with Gasteiger partial charge in [0.25, 0.3) is 0 Å². The quantitative estimate of drug-likeness (QED) is 0.875. The summed E-state index contributed by atoms with van der Waals surface area (Å²) >= 11 is 0. The molecule has 2 aliphatic rings. The molecule has 27 heavy (non-hydrogen) atoms. The summed E-state index contributed by atoms with van der Waals surface area (Å²) in [6.45, 7) is 11.4. The van der Waals surface area contributed by atoms with Crippen molar-refractivity contribution >= 4 is 16.6 Å². The Balaban J connectivity index is 1.71. The first kappa shape index (κ1) is 18.5. The monoisotopic (exact) mass is 368 g/mol. The van der Waals surface area contributed by atoms with Gasteiger partial charge < -0.3 is 14.8 Å². The van der Waals surface area contributed by atoms with E-state index in [4.69, 9.17) is 0 Å². The minimum Gasteiger partial charge on any atom is -0.378 e. The largest absolute Gasteiger partial charge is 0.378 e. The minimum absolute atomic E-state index is 0.211. The van der Waals surface area contributed by atoms with E-state index in [1.807, 2.05) is 26.2 Å². The Hall–Kier alpha value is -1.81. The van der Waals surface area contributed by atoms with Gasteiger partial charge in [-0.15, -0.1) is 0 Å². The minimum atomic E-state index is 0.211. The lowest BCUT2D eigenvalue weighted by Crippen LogP contribution is -3.12. The zero-order chi connectivity index (χ0) is 19.6. The molecule has 1 unspecified atom stereocenters. The summed E-state index contributed by atoms with van der Waals surface area (Å²) in [5, 5.41) is 0.815. The molecular formula is C23H34N3O+. The van der Waals surface area contributed by atoms with E-state index in [2.05, 4.69) is 43.6 Å². The van der Waals surface area contributed by atoms with E-state index in [-0.39, 0.29) is 5.43 Å².